The van der Waals surface area contributed by atoms with Crippen LogP contribution in [0.4, 0.5) is 0 Å². The first-order valence-corrected chi connectivity index (χ1v) is 9.51. The summed E-state index contributed by atoms with van der Waals surface area (Å²) in [7, 11) is 5.23. The molecule has 8 heteroatoms. The van der Waals surface area contributed by atoms with Crippen LogP contribution in [0.5, 0.6) is 5.75 Å². The van der Waals surface area contributed by atoms with E-state index in [1.165, 1.54) is 0 Å². The van der Waals surface area contributed by atoms with E-state index < -0.39 is 0 Å². The summed E-state index contributed by atoms with van der Waals surface area (Å²) in [4.78, 5) is 17.8. The molecule has 2 aromatic rings. The van der Waals surface area contributed by atoms with Gasteiger partial charge in [0.15, 0.2) is 5.96 Å². The Morgan fingerprint density at radius 3 is 2.52 bits per heavy atom. The molecule has 0 spiro atoms. The lowest BCUT2D eigenvalue weighted by Crippen LogP contribution is -2.40. The standard InChI is InChI=1S/C21H27ClN4O2.HI/c1-23-21(25-12-13-28-19-9-5-8-18(22)15-19)24-11-10-16-6-4-7-17(14-16)20(27)26(2)3;/h4-9,14-15H,10-13H2,1-3H3,(H2,23,24,25);1H. The zero-order valence-electron chi connectivity index (χ0n) is 16.9. The molecular formula is C21H28ClIN4O2. The fraction of sp³-hybridized carbons (Fsp3) is 0.333. The summed E-state index contributed by atoms with van der Waals surface area (Å²) in [6.45, 7) is 1.81. The number of aliphatic imine (C=N–C) groups is 1. The zero-order chi connectivity index (χ0) is 20.4. The van der Waals surface area contributed by atoms with E-state index in [0.717, 1.165) is 17.7 Å². The third-order valence-electron chi connectivity index (χ3n) is 3.97. The molecule has 0 fully saturated rings. The molecule has 0 aromatic heterocycles. The molecule has 2 N–H and O–H groups in total. The van der Waals surface area contributed by atoms with Crippen molar-refractivity contribution in [2.24, 2.45) is 4.99 Å². The Hall–Kier alpha value is -2.00. The number of ether oxygens (including phenoxy) is 1. The van der Waals surface area contributed by atoms with Gasteiger partial charge >= 0.3 is 0 Å². The van der Waals surface area contributed by atoms with E-state index in [-0.39, 0.29) is 29.9 Å². The minimum Gasteiger partial charge on any atom is -0.492 e. The molecule has 29 heavy (non-hydrogen) atoms. The highest BCUT2D eigenvalue weighted by molar-refractivity contribution is 14.0. The second kappa shape index (κ2) is 13.3. The molecular weight excluding hydrogens is 503 g/mol. The Bertz CT molecular complexity index is 815. The van der Waals surface area contributed by atoms with E-state index in [9.17, 15) is 4.79 Å². The van der Waals surface area contributed by atoms with Crippen LogP contribution in [0.15, 0.2) is 53.5 Å². The lowest BCUT2D eigenvalue weighted by Gasteiger charge is -2.13. The maximum Gasteiger partial charge on any atom is 0.253 e. The van der Waals surface area contributed by atoms with Crippen LogP contribution in [0.2, 0.25) is 5.02 Å². The number of halogens is 2. The number of carbonyl (C=O) groups excluding carboxylic acids is 1. The molecule has 6 nitrogen and oxygen atoms in total. The van der Waals surface area contributed by atoms with Crippen LogP contribution >= 0.6 is 35.6 Å². The number of carbonyl (C=O) groups is 1. The summed E-state index contributed by atoms with van der Waals surface area (Å²) >= 11 is 5.93. The van der Waals surface area contributed by atoms with Gasteiger partial charge in [-0.25, -0.2) is 0 Å². The van der Waals surface area contributed by atoms with Crippen LogP contribution in [0.3, 0.4) is 0 Å². The largest absolute Gasteiger partial charge is 0.492 e. The number of guanidine groups is 1. The van der Waals surface area contributed by atoms with Crippen molar-refractivity contribution >= 4 is 47.4 Å². The van der Waals surface area contributed by atoms with Gasteiger partial charge in [0.2, 0.25) is 0 Å². The van der Waals surface area contributed by atoms with Crippen LogP contribution in [0, 0.1) is 0 Å². The van der Waals surface area contributed by atoms with Gasteiger partial charge in [-0.3, -0.25) is 9.79 Å². The van der Waals surface area contributed by atoms with Crippen LogP contribution in [-0.2, 0) is 6.42 Å². The fourth-order valence-electron chi connectivity index (χ4n) is 2.56. The van der Waals surface area contributed by atoms with Crippen LogP contribution in [0.25, 0.3) is 0 Å². The Balaban J connectivity index is 0.00000420. The van der Waals surface area contributed by atoms with Gasteiger partial charge < -0.3 is 20.3 Å². The lowest BCUT2D eigenvalue weighted by atomic mass is 10.1. The normalized spacial score (nSPS) is 10.7. The molecule has 0 aliphatic carbocycles. The summed E-state index contributed by atoms with van der Waals surface area (Å²) in [6.07, 6.45) is 0.786. The topological polar surface area (TPSA) is 66.0 Å². The molecule has 0 saturated heterocycles. The molecule has 2 rings (SSSR count). The van der Waals surface area contributed by atoms with Crippen molar-refractivity contribution in [1.29, 1.82) is 0 Å². The summed E-state index contributed by atoms with van der Waals surface area (Å²) < 4.78 is 5.64. The summed E-state index contributed by atoms with van der Waals surface area (Å²) in [5.41, 5.74) is 1.79. The average molecular weight is 531 g/mol. The zero-order valence-corrected chi connectivity index (χ0v) is 20.0. The first-order valence-electron chi connectivity index (χ1n) is 9.13. The monoisotopic (exact) mass is 530 g/mol. The van der Waals surface area contributed by atoms with Crippen LogP contribution in [-0.4, -0.2) is 57.6 Å². The molecule has 0 bridgehead atoms. The second-order valence-electron chi connectivity index (χ2n) is 6.38. The molecule has 0 saturated carbocycles. The molecule has 0 heterocycles. The van der Waals surface area contributed by atoms with Crippen molar-refractivity contribution in [3.05, 3.63) is 64.7 Å². The van der Waals surface area contributed by atoms with Gasteiger partial charge in [-0.05, 0) is 42.3 Å². The predicted molar refractivity (Wildman–Crippen MR) is 130 cm³/mol. The third-order valence-corrected chi connectivity index (χ3v) is 4.20. The predicted octanol–water partition coefficient (Wildman–Crippen LogP) is 3.45. The van der Waals surface area contributed by atoms with Gasteiger partial charge in [0.25, 0.3) is 5.91 Å². The van der Waals surface area contributed by atoms with E-state index in [0.29, 0.717) is 36.2 Å². The Labute approximate surface area is 194 Å². The molecule has 0 aliphatic rings. The van der Waals surface area contributed by atoms with E-state index in [4.69, 9.17) is 16.3 Å². The number of amides is 1. The second-order valence-corrected chi connectivity index (χ2v) is 6.82. The molecule has 158 valence electrons. The van der Waals surface area contributed by atoms with Crippen LogP contribution in [0.1, 0.15) is 15.9 Å². The van der Waals surface area contributed by atoms with Gasteiger partial charge in [0, 0.05) is 38.3 Å². The molecule has 0 aliphatic heterocycles. The summed E-state index contributed by atoms with van der Waals surface area (Å²) in [5.74, 6) is 1.45. The van der Waals surface area contributed by atoms with E-state index in [1.54, 1.807) is 32.1 Å². The maximum atomic E-state index is 12.1. The van der Waals surface area contributed by atoms with E-state index in [1.807, 2.05) is 42.5 Å². The van der Waals surface area contributed by atoms with Crippen molar-refractivity contribution in [2.75, 3.05) is 40.8 Å². The minimum absolute atomic E-state index is 0. The van der Waals surface area contributed by atoms with Crippen molar-refractivity contribution in [3.8, 4) is 5.75 Å². The van der Waals surface area contributed by atoms with Gasteiger partial charge in [-0.1, -0.05) is 29.8 Å². The number of hydrogen-bond donors (Lipinski definition) is 2. The Morgan fingerprint density at radius 2 is 1.83 bits per heavy atom. The summed E-state index contributed by atoms with van der Waals surface area (Å²) in [6, 6.07) is 15.0. The Kier molecular flexibility index (Phi) is 11.5. The first kappa shape index (κ1) is 25.0. The molecule has 0 radical (unpaired) electrons. The number of nitrogens with zero attached hydrogens (tertiary/aromatic N) is 2. The summed E-state index contributed by atoms with van der Waals surface area (Å²) in [5, 5.41) is 7.12. The fourth-order valence-corrected chi connectivity index (χ4v) is 2.74. The van der Waals surface area contributed by atoms with Gasteiger partial charge in [-0.15, -0.1) is 24.0 Å². The van der Waals surface area contributed by atoms with Crippen molar-refractivity contribution in [2.45, 2.75) is 6.42 Å². The highest BCUT2D eigenvalue weighted by Gasteiger charge is 2.08. The van der Waals surface area contributed by atoms with Crippen molar-refractivity contribution < 1.29 is 9.53 Å². The van der Waals surface area contributed by atoms with Gasteiger partial charge in [0.1, 0.15) is 12.4 Å². The average Bonchev–Trinajstić information content (AvgIpc) is 2.69. The highest BCUT2D eigenvalue weighted by atomic mass is 127. The molecule has 2 aromatic carbocycles. The van der Waals surface area contributed by atoms with E-state index in [2.05, 4.69) is 15.6 Å². The third kappa shape index (κ3) is 8.91. The van der Waals surface area contributed by atoms with Crippen LogP contribution < -0.4 is 15.4 Å². The lowest BCUT2D eigenvalue weighted by molar-refractivity contribution is 0.0827. The quantitative estimate of drug-likeness (QED) is 0.238. The number of rotatable bonds is 8. The maximum absolute atomic E-state index is 12.1. The SMILES string of the molecule is CN=C(NCCOc1cccc(Cl)c1)NCCc1cccc(C(=O)N(C)C)c1.I. The number of nitrogens with one attached hydrogen (secondary N) is 2. The highest BCUT2D eigenvalue weighted by Crippen LogP contribution is 2.16. The Morgan fingerprint density at radius 1 is 1.10 bits per heavy atom. The van der Waals surface area contributed by atoms with Gasteiger partial charge in [0.05, 0.1) is 6.54 Å². The first-order chi connectivity index (χ1) is 13.5. The number of hydrogen-bond acceptors (Lipinski definition) is 3. The molecule has 0 atom stereocenters. The van der Waals surface area contributed by atoms with Crippen molar-refractivity contribution in [1.82, 2.24) is 15.5 Å². The van der Waals surface area contributed by atoms with Gasteiger partial charge in [-0.2, -0.15) is 0 Å². The van der Waals surface area contributed by atoms with E-state index >= 15 is 0 Å². The smallest absolute Gasteiger partial charge is 0.253 e. The number of benzene rings is 2. The minimum atomic E-state index is 0. The molecule has 0 unspecified atom stereocenters. The molecule has 1 amide bonds. The van der Waals surface area contributed by atoms with Crippen molar-refractivity contribution in [3.63, 3.8) is 0 Å².